The number of benzene rings is 1. The molecule has 0 saturated heterocycles. The van der Waals surface area contributed by atoms with Crippen molar-refractivity contribution in [3.63, 3.8) is 0 Å². The van der Waals surface area contributed by atoms with Gasteiger partial charge in [0.05, 0.1) is 22.7 Å². The lowest BCUT2D eigenvalue weighted by Gasteiger charge is -2.10. The third-order valence-electron chi connectivity index (χ3n) is 1.64. The first-order valence-electron chi connectivity index (χ1n) is 3.46. The zero-order chi connectivity index (χ0) is 10.9. The fourth-order valence-corrected chi connectivity index (χ4v) is 1.53. The Bertz CT molecular complexity index is 390. The number of aldehydes is 1. The largest absolute Gasteiger partial charge is 0.503 e. The molecule has 0 saturated carbocycles. The molecule has 0 aromatic heterocycles. The predicted octanol–water partition coefficient (Wildman–Crippen LogP) is 2.23. The summed E-state index contributed by atoms with van der Waals surface area (Å²) in [6, 6.07) is 0. The number of ether oxygens (including phenoxy) is 1. The molecular weight excluding hydrogens is 231 g/mol. The van der Waals surface area contributed by atoms with Gasteiger partial charge in [0, 0.05) is 0 Å². The van der Waals surface area contributed by atoms with Crippen molar-refractivity contribution in [3.8, 4) is 17.2 Å². The average Bonchev–Trinajstić information content (AvgIpc) is 2.16. The zero-order valence-electron chi connectivity index (χ0n) is 7.04. The number of halogens is 2. The molecule has 0 aliphatic carbocycles. The summed E-state index contributed by atoms with van der Waals surface area (Å²) in [6.07, 6.45) is 0.367. The molecule has 0 unspecified atom stereocenters. The van der Waals surface area contributed by atoms with E-state index in [1.165, 1.54) is 7.11 Å². The minimum Gasteiger partial charge on any atom is -0.503 e. The van der Waals surface area contributed by atoms with Crippen LogP contribution in [0.5, 0.6) is 17.2 Å². The summed E-state index contributed by atoms with van der Waals surface area (Å²) in [5, 5.41) is 18.2. The van der Waals surface area contributed by atoms with Gasteiger partial charge in [-0.2, -0.15) is 0 Å². The number of aromatic hydroxyl groups is 2. The Labute approximate surface area is 89.6 Å². The second-order valence-electron chi connectivity index (χ2n) is 2.39. The third-order valence-corrected chi connectivity index (χ3v) is 2.40. The van der Waals surface area contributed by atoms with Crippen LogP contribution in [0.2, 0.25) is 10.0 Å². The van der Waals surface area contributed by atoms with Crippen LogP contribution < -0.4 is 4.74 Å². The minimum absolute atomic E-state index is 0.125. The number of methoxy groups -OCH3 is 1. The first-order chi connectivity index (χ1) is 6.54. The summed E-state index contributed by atoms with van der Waals surface area (Å²) in [5.74, 6) is -1.40. The molecule has 4 nitrogen and oxygen atoms in total. The van der Waals surface area contributed by atoms with Crippen LogP contribution in [0.4, 0.5) is 0 Å². The smallest absolute Gasteiger partial charge is 0.203 e. The lowest BCUT2D eigenvalue weighted by Crippen LogP contribution is -1.92. The molecule has 0 aliphatic rings. The number of hydrogen-bond donors (Lipinski definition) is 2. The normalized spacial score (nSPS) is 9.93. The maximum Gasteiger partial charge on any atom is 0.203 e. The molecule has 1 aromatic carbocycles. The molecule has 1 aromatic rings. The van der Waals surface area contributed by atoms with Crippen molar-refractivity contribution >= 4 is 29.5 Å². The van der Waals surface area contributed by atoms with Crippen molar-refractivity contribution in [2.24, 2.45) is 0 Å². The lowest BCUT2D eigenvalue weighted by atomic mass is 10.2. The molecule has 0 bridgehead atoms. The van der Waals surface area contributed by atoms with Gasteiger partial charge in [-0.3, -0.25) is 4.79 Å². The fourth-order valence-electron chi connectivity index (χ4n) is 0.951. The second kappa shape index (κ2) is 3.94. The van der Waals surface area contributed by atoms with Crippen LogP contribution >= 0.6 is 23.2 Å². The van der Waals surface area contributed by atoms with Crippen molar-refractivity contribution in [2.75, 3.05) is 7.11 Å². The Morgan fingerprint density at radius 2 is 1.79 bits per heavy atom. The van der Waals surface area contributed by atoms with Gasteiger partial charge in [0.15, 0.2) is 17.8 Å². The van der Waals surface area contributed by atoms with E-state index in [-0.39, 0.29) is 21.4 Å². The van der Waals surface area contributed by atoms with Crippen LogP contribution in [0, 0.1) is 0 Å². The maximum atomic E-state index is 10.6. The van der Waals surface area contributed by atoms with E-state index in [2.05, 4.69) is 0 Å². The molecule has 76 valence electrons. The van der Waals surface area contributed by atoms with Gasteiger partial charge >= 0.3 is 0 Å². The molecule has 0 atom stereocenters. The quantitative estimate of drug-likeness (QED) is 0.611. The van der Waals surface area contributed by atoms with Gasteiger partial charge in [0.2, 0.25) is 5.75 Å². The minimum atomic E-state index is -0.630. The van der Waals surface area contributed by atoms with E-state index in [1.54, 1.807) is 0 Å². The van der Waals surface area contributed by atoms with E-state index in [0.29, 0.717) is 6.29 Å². The molecule has 0 aliphatic heterocycles. The van der Waals surface area contributed by atoms with Crippen LogP contribution in [-0.4, -0.2) is 23.6 Å². The number of phenols is 2. The number of rotatable bonds is 2. The Balaban J connectivity index is 3.64. The Hall–Kier alpha value is -1.13. The van der Waals surface area contributed by atoms with Crippen LogP contribution in [0.3, 0.4) is 0 Å². The first-order valence-corrected chi connectivity index (χ1v) is 4.22. The number of carbonyl (C=O) groups is 1. The first kappa shape index (κ1) is 10.9. The molecule has 0 heterocycles. The molecule has 2 N–H and O–H groups in total. The molecule has 0 radical (unpaired) electrons. The van der Waals surface area contributed by atoms with Crippen molar-refractivity contribution in [2.45, 2.75) is 0 Å². The summed E-state index contributed by atoms with van der Waals surface area (Å²) in [7, 11) is 1.24. The highest BCUT2D eigenvalue weighted by Crippen LogP contribution is 2.47. The summed E-state index contributed by atoms with van der Waals surface area (Å²) >= 11 is 11.2. The van der Waals surface area contributed by atoms with Gasteiger partial charge in [0.1, 0.15) is 0 Å². The van der Waals surface area contributed by atoms with Crippen LogP contribution in [-0.2, 0) is 0 Å². The molecule has 1 rings (SSSR count). The lowest BCUT2D eigenvalue weighted by molar-refractivity contribution is 0.112. The average molecular weight is 237 g/mol. The highest BCUT2D eigenvalue weighted by atomic mass is 35.5. The molecule has 0 amide bonds. The Morgan fingerprint density at radius 3 is 2.21 bits per heavy atom. The third kappa shape index (κ3) is 1.47. The van der Waals surface area contributed by atoms with Gasteiger partial charge < -0.3 is 14.9 Å². The molecule has 0 fully saturated rings. The van der Waals surface area contributed by atoms with Gasteiger partial charge in [-0.05, 0) is 0 Å². The van der Waals surface area contributed by atoms with Gasteiger partial charge in [-0.15, -0.1) is 0 Å². The molecule has 6 heteroatoms. The van der Waals surface area contributed by atoms with Crippen LogP contribution in [0.25, 0.3) is 0 Å². The second-order valence-corrected chi connectivity index (χ2v) is 3.15. The Kier molecular flexibility index (Phi) is 3.08. The van der Waals surface area contributed by atoms with E-state index in [0.717, 1.165) is 0 Å². The van der Waals surface area contributed by atoms with E-state index in [9.17, 15) is 15.0 Å². The van der Waals surface area contributed by atoms with Gasteiger partial charge in [-0.25, -0.2) is 0 Å². The van der Waals surface area contributed by atoms with Gasteiger partial charge in [-0.1, -0.05) is 23.2 Å². The predicted molar refractivity (Wildman–Crippen MR) is 51.7 cm³/mol. The van der Waals surface area contributed by atoms with E-state index < -0.39 is 11.5 Å². The van der Waals surface area contributed by atoms with E-state index >= 15 is 0 Å². The van der Waals surface area contributed by atoms with Gasteiger partial charge in [0.25, 0.3) is 0 Å². The monoisotopic (exact) mass is 236 g/mol. The van der Waals surface area contributed by atoms with Crippen molar-refractivity contribution in [1.82, 2.24) is 0 Å². The van der Waals surface area contributed by atoms with Crippen molar-refractivity contribution < 1.29 is 19.7 Å². The topological polar surface area (TPSA) is 66.8 Å². The molecule has 0 spiro atoms. The fraction of sp³-hybridized carbons (Fsp3) is 0.125. The summed E-state index contributed by atoms with van der Waals surface area (Å²) in [5.41, 5.74) is -0.125. The zero-order valence-corrected chi connectivity index (χ0v) is 8.56. The summed E-state index contributed by atoms with van der Waals surface area (Å²) in [6.45, 7) is 0. The number of hydrogen-bond acceptors (Lipinski definition) is 4. The van der Waals surface area contributed by atoms with Crippen molar-refractivity contribution in [1.29, 1.82) is 0 Å². The van der Waals surface area contributed by atoms with Crippen molar-refractivity contribution in [3.05, 3.63) is 15.6 Å². The molecular formula is C8H6Cl2O4. The number of carbonyl (C=O) groups excluding carboxylic acids is 1. The van der Waals surface area contributed by atoms with Crippen LogP contribution in [0.1, 0.15) is 10.4 Å². The SMILES string of the molecule is COc1c(O)c(O)c(Cl)c(C=O)c1Cl. The highest BCUT2D eigenvalue weighted by Gasteiger charge is 2.21. The molecule has 14 heavy (non-hydrogen) atoms. The summed E-state index contributed by atoms with van der Waals surface area (Å²) in [4.78, 5) is 10.6. The highest BCUT2D eigenvalue weighted by molar-refractivity contribution is 6.40. The van der Waals surface area contributed by atoms with E-state index in [4.69, 9.17) is 27.9 Å². The maximum absolute atomic E-state index is 10.6. The standard InChI is InChI=1S/C8H6Cl2O4/c1-14-8-5(10)3(2-11)4(9)6(12)7(8)13/h2,12-13H,1H3. The number of phenolic OH excluding ortho intramolecular Hbond substituents is 2. The Morgan fingerprint density at radius 1 is 1.21 bits per heavy atom. The summed E-state index contributed by atoms with van der Waals surface area (Å²) < 4.78 is 4.69. The van der Waals surface area contributed by atoms with Crippen LogP contribution in [0.15, 0.2) is 0 Å². The van der Waals surface area contributed by atoms with E-state index in [1.807, 2.05) is 0 Å².